The number of rotatable bonds is 5. The van der Waals surface area contributed by atoms with Crippen LogP contribution in [0.3, 0.4) is 0 Å². The zero-order valence-electron chi connectivity index (χ0n) is 11.0. The summed E-state index contributed by atoms with van der Waals surface area (Å²) in [6.45, 7) is 0.672. The first-order chi connectivity index (χ1) is 9.20. The first-order valence-corrected chi connectivity index (χ1v) is 6.27. The van der Waals surface area contributed by atoms with Crippen LogP contribution in [0.4, 0.5) is 5.69 Å². The average molecular weight is 258 g/mol. The van der Waals surface area contributed by atoms with Gasteiger partial charge in [0.05, 0.1) is 12.5 Å². The normalized spacial score (nSPS) is 10.4. The standard InChI is InChI=1S/C14H18N4O/c1-18-10-16-9-13(18)14(19)17-12-6-2-4-11(8-12)5-3-7-15/h2,4,6,8-10H,3,5,7,15H2,1H3,(H,17,19). The van der Waals surface area contributed by atoms with Gasteiger partial charge in [-0.05, 0) is 37.1 Å². The minimum atomic E-state index is -0.157. The molecule has 2 rings (SSSR count). The maximum Gasteiger partial charge on any atom is 0.273 e. The molecule has 0 aliphatic rings. The van der Waals surface area contributed by atoms with Gasteiger partial charge in [0, 0.05) is 12.7 Å². The van der Waals surface area contributed by atoms with Gasteiger partial charge in [-0.1, -0.05) is 12.1 Å². The lowest BCUT2D eigenvalue weighted by atomic mass is 10.1. The molecule has 0 radical (unpaired) electrons. The van der Waals surface area contributed by atoms with Crippen LogP contribution < -0.4 is 11.1 Å². The molecule has 0 atom stereocenters. The predicted molar refractivity (Wildman–Crippen MR) is 75.0 cm³/mol. The highest BCUT2D eigenvalue weighted by atomic mass is 16.1. The second kappa shape index (κ2) is 6.15. The van der Waals surface area contributed by atoms with Crippen LogP contribution in [0.1, 0.15) is 22.5 Å². The van der Waals surface area contributed by atoms with Crippen molar-refractivity contribution in [3.8, 4) is 0 Å². The zero-order valence-corrected chi connectivity index (χ0v) is 11.0. The molecule has 0 saturated heterocycles. The number of benzene rings is 1. The first kappa shape index (κ1) is 13.3. The molecule has 1 aromatic carbocycles. The van der Waals surface area contributed by atoms with Crippen molar-refractivity contribution >= 4 is 11.6 Å². The van der Waals surface area contributed by atoms with Crippen LogP contribution in [-0.2, 0) is 13.5 Å². The number of aromatic nitrogens is 2. The largest absolute Gasteiger partial charge is 0.330 e. The summed E-state index contributed by atoms with van der Waals surface area (Å²) in [7, 11) is 1.79. The van der Waals surface area contributed by atoms with E-state index in [1.54, 1.807) is 24.1 Å². The summed E-state index contributed by atoms with van der Waals surface area (Å²) < 4.78 is 1.69. The summed E-state index contributed by atoms with van der Waals surface area (Å²) in [5.74, 6) is -0.157. The number of nitrogens with zero attached hydrogens (tertiary/aromatic N) is 2. The van der Waals surface area contributed by atoms with E-state index in [1.165, 1.54) is 5.56 Å². The molecule has 5 heteroatoms. The van der Waals surface area contributed by atoms with E-state index in [1.807, 2.05) is 24.3 Å². The number of aryl methyl sites for hydroxylation is 2. The van der Waals surface area contributed by atoms with Gasteiger partial charge < -0.3 is 15.6 Å². The van der Waals surface area contributed by atoms with Crippen molar-refractivity contribution in [1.82, 2.24) is 9.55 Å². The molecule has 100 valence electrons. The Hall–Kier alpha value is -2.14. The van der Waals surface area contributed by atoms with E-state index < -0.39 is 0 Å². The monoisotopic (exact) mass is 258 g/mol. The van der Waals surface area contributed by atoms with Gasteiger partial charge in [0.15, 0.2) is 0 Å². The van der Waals surface area contributed by atoms with Crippen LogP contribution in [0.2, 0.25) is 0 Å². The number of amides is 1. The van der Waals surface area contributed by atoms with Crippen molar-refractivity contribution in [2.75, 3.05) is 11.9 Å². The van der Waals surface area contributed by atoms with E-state index in [0.717, 1.165) is 18.5 Å². The summed E-state index contributed by atoms with van der Waals surface area (Å²) in [5.41, 5.74) is 8.00. The molecule has 3 N–H and O–H groups in total. The van der Waals surface area contributed by atoms with Gasteiger partial charge in [0.1, 0.15) is 5.69 Å². The number of carbonyl (C=O) groups excluding carboxylic acids is 1. The Balaban J connectivity index is 2.07. The van der Waals surface area contributed by atoms with Crippen molar-refractivity contribution in [2.45, 2.75) is 12.8 Å². The van der Waals surface area contributed by atoms with Crippen LogP contribution in [0.5, 0.6) is 0 Å². The smallest absolute Gasteiger partial charge is 0.273 e. The molecule has 0 fully saturated rings. The highest BCUT2D eigenvalue weighted by molar-refractivity contribution is 6.02. The topological polar surface area (TPSA) is 72.9 Å². The van der Waals surface area contributed by atoms with Crippen LogP contribution in [0.25, 0.3) is 0 Å². The van der Waals surface area contributed by atoms with E-state index in [9.17, 15) is 4.79 Å². The SMILES string of the molecule is Cn1cncc1C(=O)Nc1cccc(CCCN)c1. The average Bonchev–Trinajstić information content (AvgIpc) is 2.83. The van der Waals surface area contributed by atoms with E-state index in [4.69, 9.17) is 5.73 Å². The van der Waals surface area contributed by atoms with E-state index >= 15 is 0 Å². The van der Waals surface area contributed by atoms with Crippen LogP contribution >= 0.6 is 0 Å². The number of hydrogen-bond acceptors (Lipinski definition) is 3. The molecule has 5 nitrogen and oxygen atoms in total. The third-order valence-electron chi connectivity index (χ3n) is 2.90. The van der Waals surface area contributed by atoms with Gasteiger partial charge >= 0.3 is 0 Å². The molecule has 0 spiro atoms. The van der Waals surface area contributed by atoms with Gasteiger partial charge in [0.2, 0.25) is 0 Å². The van der Waals surface area contributed by atoms with Crippen molar-refractivity contribution in [2.24, 2.45) is 12.8 Å². The fourth-order valence-corrected chi connectivity index (χ4v) is 1.88. The van der Waals surface area contributed by atoms with Crippen LogP contribution in [0.15, 0.2) is 36.8 Å². The molecule has 0 bridgehead atoms. The molecule has 1 aromatic heterocycles. The quantitative estimate of drug-likeness (QED) is 0.855. The number of nitrogens with one attached hydrogen (secondary N) is 1. The predicted octanol–water partition coefficient (Wildman–Crippen LogP) is 1.56. The van der Waals surface area contributed by atoms with Crippen molar-refractivity contribution < 1.29 is 4.79 Å². The maximum absolute atomic E-state index is 12.0. The number of anilines is 1. The van der Waals surface area contributed by atoms with Gasteiger partial charge in [-0.15, -0.1) is 0 Å². The lowest BCUT2D eigenvalue weighted by Gasteiger charge is -2.07. The minimum absolute atomic E-state index is 0.157. The fourth-order valence-electron chi connectivity index (χ4n) is 1.88. The Morgan fingerprint density at radius 3 is 3.00 bits per heavy atom. The lowest BCUT2D eigenvalue weighted by molar-refractivity contribution is 0.101. The summed E-state index contributed by atoms with van der Waals surface area (Å²) in [6.07, 6.45) is 5.02. The highest BCUT2D eigenvalue weighted by Crippen LogP contribution is 2.13. The summed E-state index contributed by atoms with van der Waals surface area (Å²) in [4.78, 5) is 16.0. The maximum atomic E-state index is 12.0. The molecule has 0 unspecified atom stereocenters. The Morgan fingerprint density at radius 1 is 1.47 bits per heavy atom. The lowest BCUT2D eigenvalue weighted by Crippen LogP contribution is -2.15. The Morgan fingerprint density at radius 2 is 2.32 bits per heavy atom. The summed E-state index contributed by atoms with van der Waals surface area (Å²) >= 11 is 0. The molecule has 2 aromatic rings. The Kier molecular flexibility index (Phi) is 4.30. The van der Waals surface area contributed by atoms with Gasteiger partial charge in [-0.2, -0.15) is 0 Å². The third-order valence-corrected chi connectivity index (χ3v) is 2.90. The first-order valence-electron chi connectivity index (χ1n) is 6.27. The fraction of sp³-hybridized carbons (Fsp3) is 0.286. The van der Waals surface area contributed by atoms with Crippen molar-refractivity contribution in [3.63, 3.8) is 0 Å². The minimum Gasteiger partial charge on any atom is -0.330 e. The van der Waals surface area contributed by atoms with Crippen LogP contribution in [0, 0.1) is 0 Å². The highest BCUT2D eigenvalue weighted by Gasteiger charge is 2.09. The van der Waals surface area contributed by atoms with E-state index in [2.05, 4.69) is 10.3 Å². The number of imidazole rings is 1. The summed E-state index contributed by atoms with van der Waals surface area (Å²) in [6, 6.07) is 7.82. The van der Waals surface area contributed by atoms with Crippen molar-refractivity contribution in [3.05, 3.63) is 48.0 Å². The summed E-state index contributed by atoms with van der Waals surface area (Å²) in [5, 5.41) is 2.87. The van der Waals surface area contributed by atoms with Crippen molar-refractivity contribution in [1.29, 1.82) is 0 Å². The van der Waals surface area contributed by atoms with E-state index in [0.29, 0.717) is 12.2 Å². The Bertz CT molecular complexity index is 562. The number of carbonyl (C=O) groups is 1. The number of nitrogens with two attached hydrogens (primary N) is 1. The molecule has 19 heavy (non-hydrogen) atoms. The van der Waals surface area contributed by atoms with E-state index in [-0.39, 0.29) is 5.91 Å². The molecular formula is C14H18N4O. The molecule has 0 aliphatic carbocycles. The van der Waals surface area contributed by atoms with Crippen LogP contribution in [-0.4, -0.2) is 22.0 Å². The second-order valence-electron chi connectivity index (χ2n) is 4.44. The number of hydrogen-bond donors (Lipinski definition) is 2. The van der Waals surface area contributed by atoms with Gasteiger partial charge in [0.25, 0.3) is 5.91 Å². The molecular weight excluding hydrogens is 240 g/mol. The molecule has 1 heterocycles. The Labute approximate surface area is 112 Å². The third kappa shape index (κ3) is 3.42. The molecule has 0 saturated carbocycles. The van der Waals surface area contributed by atoms with Gasteiger partial charge in [-0.25, -0.2) is 4.98 Å². The molecule has 1 amide bonds. The second-order valence-corrected chi connectivity index (χ2v) is 4.44. The molecule has 0 aliphatic heterocycles. The zero-order chi connectivity index (χ0) is 13.7. The van der Waals surface area contributed by atoms with Gasteiger partial charge in [-0.3, -0.25) is 4.79 Å².